The van der Waals surface area contributed by atoms with E-state index in [1.54, 1.807) is 20.0 Å². The topological polar surface area (TPSA) is 293 Å². The fraction of sp³-hybridized carbons (Fsp3) is 0.800. The first-order valence-corrected chi connectivity index (χ1v) is 27.7. The highest BCUT2D eigenvalue weighted by Gasteiger charge is 2.35. The first-order valence-electron chi connectivity index (χ1n) is 27.7. The minimum Gasteiger partial charge on any atom is -0.481 e. The number of nitrogens with one attached hydrogen (secondary N) is 3. The summed E-state index contributed by atoms with van der Waals surface area (Å²) in [5.41, 5.74) is 5.68. The normalized spacial score (nSPS) is 12.8. The van der Waals surface area contributed by atoms with Crippen molar-refractivity contribution in [3.8, 4) is 0 Å². The molecule has 0 aliphatic rings. The number of hydrogen-bond donors (Lipinski definition) is 6. The van der Waals surface area contributed by atoms with Crippen molar-refractivity contribution in [1.29, 1.82) is 0 Å². The van der Waals surface area contributed by atoms with E-state index in [1.807, 2.05) is 0 Å². The van der Waals surface area contributed by atoms with Crippen molar-refractivity contribution in [1.82, 2.24) is 20.6 Å². The summed E-state index contributed by atoms with van der Waals surface area (Å²) in [7, 11) is 0. The quantitative estimate of drug-likeness (QED) is 0.0343. The molecular weight excluding hydrogens is 955 g/mol. The van der Waals surface area contributed by atoms with Gasteiger partial charge in [0.1, 0.15) is 30.8 Å². The van der Waals surface area contributed by atoms with E-state index in [0.29, 0.717) is 38.0 Å². The second kappa shape index (κ2) is 43.8. The first-order chi connectivity index (χ1) is 35.5. The van der Waals surface area contributed by atoms with Gasteiger partial charge in [0.05, 0.1) is 51.3 Å². The van der Waals surface area contributed by atoms with Crippen molar-refractivity contribution in [2.45, 2.75) is 213 Å². The number of unbranched alkanes of at least 4 members (excludes halogenated alkanes) is 16. The number of imidazole rings is 1. The second-order valence-corrected chi connectivity index (χ2v) is 20.2. The Morgan fingerprint density at radius 2 is 1.18 bits per heavy atom. The van der Waals surface area contributed by atoms with Crippen molar-refractivity contribution < 1.29 is 67.5 Å². The van der Waals surface area contributed by atoms with Crippen molar-refractivity contribution >= 4 is 46.9 Å². The summed E-state index contributed by atoms with van der Waals surface area (Å²) in [6, 6.07) is -1.91. The zero-order chi connectivity index (χ0) is 54.7. The Bertz CT molecular complexity index is 1710. The lowest BCUT2D eigenvalue weighted by atomic mass is 9.77. The van der Waals surface area contributed by atoms with Crippen LogP contribution in [0.3, 0.4) is 0 Å². The lowest BCUT2D eigenvalue weighted by Gasteiger charge is -2.25. The van der Waals surface area contributed by atoms with Crippen LogP contribution in [0.25, 0.3) is 0 Å². The van der Waals surface area contributed by atoms with Crippen molar-refractivity contribution in [2.75, 3.05) is 59.4 Å². The number of carbonyl (C=O) groups excluding carboxylic acids is 6. The Morgan fingerprint density at radius 3 is 1.77 bits per heavy atom. The Kier molecular flexibility index (Phi) is 40.0. The van der Waals surface area contributed by atoms with Gasteiger partial charge in [0, 0.05) is 75.4 Å². The number of ether oxygens (including phenoxy) is 4. The largest absolute Gasteiger partial charge is 0.481 e. The monoisotopic (exact) mass is 1050 g/mol. The number of ketones is 4. The maximum absolute atomic E-state index is 13.1. The van der Waals surface area contributed by atoms with Gasteiger partial charge in [0.15, 0.2) is 11.6 Å². The molecule has 19 heteroatoms. The molecule has 0 fully saturated rings. The molecule has 1 heterocycles. The molecule has 2 amide bonds. The molecule has 1 aromatic rings. The minimum absolute atomic E-state index is 0.0388. The van der Waals surface area contributed by atoms with E-state index < -0.39 is 35.4 Å². The van der Waals surface area contributed by atoms with Crippen LogP contribution in [-0.4, -0.2) is 139 Å². The smallest absolute Gasteiger partial charge is 0.326 e. The number of carboxylic acid groups (broad SMARTS) is 2. The lowest BCUT2D eigenvalue weighted by molar-refractivity contribution is -0.145. The number of nitrogens with two attached hydrogens (primary N) is 1. The number of nitrogens with zero attached hydrogens (tertiary/aromatic N) is 1. The van der Waals surface area contributed by atoms with Crippen LogP contribution < -0.4 is 16.4 Å². The Balaban J connectivity index is 1.99. The van der Waals surface area contributed by atoms with Gasteiger partial charge in [-0.15, -0.1) is 0 Å². The molecule has 1 aromatic heterocycles. The van der Waals surface area contributed by atoms with Crippen LogP contribution in [0.4, 0.5) is 0 Å². The molecule has 1 rings (SSSR count). The average molecular weight is 1050 g/mol. The second-order valence-electron chi connectivity index (χ2n) is 20.2. The number of H-pyrrole nitrogens is 1. The van der Waals surface area contributed by atoms with Crippen LogP contribution in [0.1, 0.15) is 200 Å². The summed E-state index contributed by atoms with van der Waals surface area (Å²) in [4.78, 5) is 105. The molecule has 0 spiro atoms. The molecule has 0 aliphatic heterocycles. The van der Waals surface area contributed by atoms with Crippen molar-refractivity contribution in [3.05, 3.63) is 18.2 Å². The predicted octanol–water partition coefficient (Wildman–Crippen LogP) is 7.59. The minimum atomic E-state index is -1.15. The molecule has 7 N–H and O–H groups in total. The SMILES string of the molecule is CCCCCCCCCCCCCCCCCC(=O)NC(CCC(=O)CCCOCCOCC(=O)NCCOCCOCC(=O)CCCCC[C@H](CC(=O)C(C)(C)CC(=O)[C@@H](N)Cc1cnc[nH]1)C(=O)O)C(=O)O. The summed E-state index contributed by atoms with van der Waals surface area (Å²) in [6.45, 7) is 6.85. The van der Waals surface area contributed by atoms with Gasteiger partial charge in [-0.1, -0.05) is 124 Å². The Morgan fingerprint density at radius 1 is 0.622 bits per heavy atom. The summed E-state index contributed by atoms with van der Waals surface area (Å²) >= 11 is 0. The third-order valence-electron chi connectivity index (χ3n) is 13.0. The number of Topliss-reactive ketones (excluding diaryl/α,β-unsaturated/α-hetero) is 4. The Labute approximate surface area is 441 Å². The fourth-order valence-electron chi connectivity index (χ4n) is 8.27. The van der Waals surface area contributed by atoms with Crippen molar-refractivity contribution in [3.63, 3.8) is 0 Å². The van der Waals surface area contributed by atoms with Gasteiger partial charge < -0.3 is 50.5 Å². The number of carboxylic acids is 2. The van der Waals surface area contributed by atoms with Gasteiger partial charge in [-0.05, 0) is 32.1 Å². The summed E-state index contributed by atoms with van der Waals surface area (Å²) < 4.78 is 21.6. The number of amides is 2. The molecule has 19 nitrogen and oxygen atoms in total. The Hall–Kier alpha value is -4.43. The standard InChI is InChI=1S/C55H95N5O14/c1-4-5-6-7-8-9-10-11-12-13-14-15-16-17-21-26-51(65)60-48(54(69)70)28-27-45(61)25-22-30-71-32-35-74-41-52(66)58-29-31-72-33-34-73-40-46(62)24-20-18-19-23-43(53(67)68)36-50(64)55(2,3)38-49(63)47(56)37-44-39-57-42-59-44/h39,42-43,47-48H,4-38,40-41,56H2,1-3H3,(H,57,59)(H,58,66)(H,60,65)(H,67,68)(H,69,70)/t43-,47+,48?/m1/s1. The third-order valence-corrected chi connectivity index (χ3v) is 13.0. The highest BCUT2D eigenvalue weighted by atomic mass is 16.5. The van der Waals surface area contributed by atoms with Crippen LogP contribution in [0, 0.1) is 11.3 Å². The van der Waals surface area contributed by atoms with Crippen LogP contribution in [0.15, 0.2) is 12.5 Å². The molecule has 3 atom stereocenters. The van der Waals surface area contributed by atoms with Gasteiger partial charge in [-0.2, -0.15) is 0 Å². The number of aliphatic carboxylic acids is 2. The summed E-state index contributed by atoms with van der Waals surface area (Å²) in [5, 5.41) is 24.6. The molecule has 74 heavy (non-hydrogen) atoms. The molecule has 0 aliphatic carbocycles. The highest BCUT2D eigenvalue weighted by Crippen LogP contribution is 2.28. The van der Waals surface area contributed by atoms with Gasteiger partial charge in [-0.25, -0.2) is 9.78 Å². The zero-order valence-corrected chi connectivity index (χ0v) is 45.4. The van der Waals surface area contributed by atoms with Crippen molar-refractivity contribution in [2.24, 2.45) is 17.1 Å². The van der Waals surface area contributed by atoms with Crippen LogP contribution in [0.5, 0.6) is 0 Å². The first kappa shape index (κ1) is 67.6. The number of rotatable bonds is 53. The van der Waals surface area contributed by atoms with E-state index in [9.17, 15) is 48.6 Å². The highest BCUT2D eigenvalue weighted by molar-refractivity contribution is 5.94. The van der Waals surface area contributed by atoms with E-state index in [-0.39, 0.29) is 146 Å². The third kappa shape index (κ3) is 37.3. The predicted molar refractivity (Wildman–Crippen MR) is 281 cm³/mol. The van der Waals surface area contributed by atoms with Gasteiger partial charge >= 0.3 is 11.9 Å². The lowest BCUT2D eigenvalue weighted by Crippen LogP contribution is -2.41. The molecule has 424 valence electrons. The van der Waals surface area contributed by atoms with E-state index in [1.165, 1.54) is 77.0 Å². The van der Waals surface area contributed by atoms with E-state index in [4.69, 9.17) is 24.7 Å². The number of aromatic nitrogens is 2. The van der Waals surface area contributed by atoms with Crippen LogP contribution in [-0.2, 0) is 63.7 Å². The van der Waals surface area contributed by atoms with E-state index in [0.717, 1.165) is 25.7 Å². The fourth-order valence-corrected chi connectivity index (χ4v) is 8.27. The molecule has 0 aromatic carbocycles. The van der Waals surface area contributed by atoms with Gasteiger partial charge in [0.25, 0.3) is 0 Å². The average Bonchev–Trinajstić information content (AvgIpc) is 3.87. The van der Waals surface area contributed by atoms with E-state index >= 15 is 0 Å². The molecule has 1 unspecified atom stereocenters. The summed E-state index contributed by atoms with van der Waals surface area (Å²) in [6.07, 6.45) is 24.7. The van der Waals surface area contributed by atoms with Crippen LogP contribution >= 0.6 is 0 Å². The molecular formula is C55H95N5O14. The number of carbonyl (C=O) groups is 8. The maximum Gasteiger partial charge on any atom is 0.326 e. The molecule has 0 radical (unpaired) electrons. The number of hydrogen-bond acceptors (Lipinski definition) is 14. The summed E-state index contributed by atoms with van der Waals surface area (Å²) in [5.74, 6) is -4.54. The van der Waals surface area contributed by atoms with Crippen LogP contribution in [0.2, 0.25) is 0 Å². The van der Waals surface area contributed by atoms with Gasteiger partial charge in [0.2, 0.25) is 11.8 Å². The molecule has 0 saturated heterocycles. The molecule has 0 bridgehead atoms. The number of aromatic amines is 1. The molecule has 0 saturated carbocycles. The van der Waals surface area contributed by atoms with E-state index in [2.05, 4.69) is 27.5 Å². The maximum atomic E-state index is 13.1. The van der Waals surface area contributed by atoms with Gasteiger partial charge in [-0.3, -0.25) is 33.6 Å². The zero-order valence-electron chi connectivity index (χ0n) is 45.4.